The van der Waals surface area contributed by atoms with Crippen LogP contribution in [0.3, 0.4) is 0 Å². The summed E-state index contributed by atoms with van der Waals surface area (Å²) in [4.78, 5) is 17.8. The number of nitrogens with zero attached hydrogens (tertiary/aromatic N) is 2. The molecule has 0 radical (unpaired) electrons. The van der Waals surface area contributed by atoms with Gasteiger partial charge in [-0.25, -0.2) is 0 Å². The fourth-order valence-electron chi connectivity index (χ4n) is 2.86. The Bertz CT molecular complexity index is 969. The molecule has 0 N–H and O–H groups in total. The highest BCUT2D eigenvalue weighted by atomic mass is 32.1. The molecule has 0 atom stereocenters. The van der Waals surface area contributed by atoms with Gasteiger partial charge in [0.15, 0.2) is 4.80 Å². The smallest absolute Gasteiger partial charge is 0.279 e. The molecule has 0 saturated carbocycles. The Labute approximate surface area is 151 Å². The van der Waals surface area contributed by atoms with Gasteiger partial charge in [0.2, 0.25) is 0 Å². The van der Waals surface area contributed by atoms with Crippen LogP contribution < -0.4 is 4.80 Å². The van der Waals surface area contributed by atoms with E-state index in [0.717, 1.165) is 20.6 Å². The van der Waals surface area contributed by atoms with Crippen LogP contribution in [0.1, 0.15) is 28.4 Å². The van der Waals surface area contributed by atoms with E-state index in [1.807, 2.05) is 44.2 Å². The van der Waals surface area contributed by atoms with E-state index in [0.29, 0.717) is 25.3 Å². The van der Waals surface area contributed by atoms with E-state index in [2.05, 4.69) is 28.6 Å². The van der Waals surface area contributed by atoms with Crippen molar-refractivity contribution in [1.82, 2.24) is 4.57 Å². The number of rotatable bonds is 5. The summed E-state index contributed by atoms with van der Waals surface area (Å²) in [5.41, 5.74) is 3.89. The van der Waals surface area contributed by atoms with Crippen LogP contribution in [-0.2, 0) is 11.3 Å². The van der Waals surface area contributed by atoms with Gasteiger partial charge in [0.05, 0.1) is 16.8 Å². The monoisotopic (exact) mass is 354 g/mol. The van der Waals surface area contributed by atoms with Gasteiger partial charge < -0.3 is 9.30 Å². The Balaban J connectivity index is 2.11. The van der Waals surface area contributed by atoms with Gasteiger partial charge in [-0.3, -0.25) is 4.79 Å². The van der Waals surface area contributed by atoms with Crippen LogP contribution in [-0.4, -0.2) is 23.7 Å². The number of para-hydroxylation sites is 1. The summed E-state index contributed by atoms with van der Waals surface area (Å²) in [5.74, 6) is -0.201. The van der Waals surface area contributed by atoms with Crippen molar-refractivity contribution in [1.29, 1.82) is 0 Å². The topological polar surface area (TPSA) is 43.6 Å². The molecule has 2 aromatic carbocycles. The molecule has 3 rings (SSSR count). The van der Waals surface area contributed by atoms with Crippen LogP contribution in [0.4, 0.5) is 0 Å². The minimum atomic E-state index is -0.201. The maximum Gasteiger partial charge on any atom is 0.279 e. The van der Waals surface area contributed by atoms with Gasteiger partial charge in [-0.1, -0.05) is 41.7 Å². The van der Waals surface area contributed by atoms with Crippen LogP contribution in [0.2, 0.25) is 0 Å². The second-order valence-corrected chi connectivity index (χ2v) is 6.90. The molecular formula is C20H22N2O2S. The van der Waals surface area contributed by atoms with Crippen molar-refractivity contribution in [3.63, 3.8) is 0 Å². The summed E-state index contributed by atoms with van der Waals surface area (Å²) in [5, 5.41) is 0. The number of amides is 1. The molecule has 1 heterocycles. The van der Waals surface area contributed by atoms with E-state index in [-0.39, 0.29) is 5.91 Å². The van der Waals surface area contributed by atoms with Gasteiger partial charge in [-0.2, -0.15) is 4.99 Å². The van der Waals surface area contributed by atoms with E-state index in [1.165, 1.54) is 5.56 Å². The number of thiazole rings is 1. The average molecular weight is 354 g/mol. The van der Waals surface area contributed by atoms with Gasteiger partial charge in [0.1, 0.15) is 0 Å². The molecule has 25 heavy (non-hydrogen) atoms. The first-order valence-electron chi connectivity index (χ1n) is 8.43. The van der Waals surface area contributed by atoms with Gasteiger partial charge in [0, 0.05) is 18.7 Å². The number of hydrogen-bond acceptors (Lipinski definition) is 3. The van der Waals surface area contributed by atoms with Crippen molar-refractivity contribution >= 4 is 27.5 Å². The zero-order chi connectivity index (χ0) is 17.8. The van der Waals surface area contributed by atoms with Gasteiger partial charge >= 0.3 is 0 Å². The SMILES string of the molecule is CCOCCn1c(=NC(=O)c2ccccc2C)sc2cccc(C)c21. The summed E-state index contributed by atoms with van der Waals surface area (Å²) in [6.07, 6.45) is 0. The molecule has 1 amide bonds. The van der Waals surface area contributed by atoms with E-state index in [1.54, 1.807) is 11.3 Å². The number of carbonyl (C=O) groups is 1. The van der Waals surface area contributed by atoms with Crippen LogP contribution in [0.15, 0.2) is 47.5 Å². The number of fused-ring (bicyclic) bond motifs is 1. The molecule has 130 valence electrons. The maximum atomic E-state index is 12.7. The minimum absolute atomic E-state index is 0.201. The van der Waals surface area contributed by atoms with Crippen LogP contribution in [0, 0.1) is 13.8 Å². The molecule has 1 aromatic heterocycles. The number of hydrogen-bond donors (Lipinski definition) is 0. The molecule has 5 heteroatoms. The van der Waals surface area contributed by atoms with Crippen molar-refractivity contribution < 1.29 is 9.53 Å². The lowest BCUT2D eigenvalue weighted by molar-refractivity contribution is 0.0996. The van der Waals surface area contributed by atoms with E-state index < -0.39 is 0 Å². The third kappa shape index (κ3) is 3.72. The first kappa shape index (κ1) is 17.6. The molecular weight excluding hydrogens is 332 g/mol. The largest absolute Gasteiger partial charge is 0.380 e. The molecule has 0 fully saturated rings. The number of ether oxygens (including phenoxy) is 1. The van der Waals surface area contributed by atoms with Crippen molar-refractivity contribution in [3.8, 4) is 0 Å². The Morgan fingerprint density at radius 3 is 2.64 bits per heavy atom. The first-order valence-corrected chi connectivity index (χ1v) is 9.25. The zero-order valence-corrected chi connectivity index (χ0v) is 15.6. The Hall–Kier alpha value is -2.24. The lowest BCUT2D eigenvalue weighted by Gasteiger charge is -2.07. The third-order valence-corrected chi connectivity index (χ3v) is 5.18. The third-order valence-electron chi connectivity index (χ3n) is 4.14. The molecule has 0 bridgehead atoms. The average Bonchev–Trinajstić information content (AvgIpc) is 2.94. The lowest BCUT2D eigenvalue weighted by Crippen LogP contribution is -2.20. The van der Waals surface area contributed by atoms with Crippen molar-refractivity contribution in [2.75, 3.05) is 13.2 Å². The van der Waals surface area contributed by atoms with Gasteiger partial charge in [-0.05, 0) is 44.0 Å². The zero-order valence-electron chi connectivity index (χ0n) is 14.8. The molecule has 0 unspecified atom stereocenters. The minimum Gasteiger partial charge on any atom is -0.380 e. The molecule has 0 aliphatic carbocycles. The molecule has 0 aliphatic rings. The van der Waals surface area contributed by atoms with E-state index >= 15 is 0 Å². The number of aromatic nitrogens is 1. The molecule has 0 saturated heterocycles. The predicted octanol–water partition coefficient (Wildman–Crippen LogP) is 4.10. The van der Waals surface area contributed by atoms with Gasteiger partial charge in [0.25, 0.3) is 5.91 Å². The highest BCUT2D eigenvalue weighted by molar-refractivity contribution is 7.16. The quantitative estimate of drug-likeness (QED) is 0.648. The van der Waals surface area contributed by atoms with Crippen molar-refractivity contribution in [2.45, 2.75) is 27.3 Å². The molecule has 4 nitrogen and oxygen atoms in total. The Kier molecular flexibility index (Phi) is 5.46. The predicted molar refractivity (Wildman–Crippen MR) is 102 cm³/mol. The second-order valence-electron chi connectivity index (χ2n) is 5.89. The first-order chi connectivity index (χ1) is 12.1. The van der Waals surface area contributed by atoms with Crippen molar-refractivity contribution in [3.05, 3.63) is 64.0 Å². The number of aryl methyl sites for hydroxylation is 2. The van der Waals surface area contributed by atoms with Crippen LogP contribution in [0.5, 0.6) is 0 Å². The summed E-state index contributed by atoms with van der Waals surface area (Å²) < 4.78 is 8.75. The number of benzene rings is 2. The molecule has 0 aliphatic heterocycles. The standard InChI is InChI=1S/C20H22N2O2S/c1-4-24-13-12-22-18-15(3)9-7-11-17(18)25-20(22)21-19(23)16-10-6-5-8-14(16)2/h5-11H,4,12-13H2,1-3H3. The molecule has 3 aromatic rings. The summed E-state index contributed by atoms with van der Waals surface area (Å²) in [6, 6.07) is 13.7. The maximum absolute atomic E-state index is 12.7. The summed E-state index contributed by atoms with van der Waals surface area (Å²) in [7, 11) is 0. The highest BCUT2D eigenvalue weighted by Gasteiger charge is 2.12. The number of carbonyl (C=O) groups excluding carboxylic acids is 1. The lowest BCUT2D eigenvalue weighted by atomic mass is 10.1. The second kappa shape index (κ2) is 7.76. The van der Waals surface area contributed by atoms with Gasteiger partial charge in [-0.15, -0.1) is 0 Å². The van der Waals surface area contributed by atoms with Crippen LogP contribution in [0.25, 0.3) is 10.2 Å². The Morgan fingerprint density at radius 1 is 1.12 bits per heavy atom. The van der Waals surface area contributed by atoms with Crippen LogP contribution >= 0.6 is 11.3 Å². The molecule has 0 spiro atoms. The normalized spacial score (nSPS) is 12.0. The Morgan fingerprint density at radius 2 is 1.88 bits per heavy atom. The summed E-state index contributed by atoms with van der Waals surface area (Å²) >= 11 is 1.54. The highest BCUT2D eigenvalue weighted by Crippen LogP contribution is 2.21. The fraction of sp³-hybridized carbons (Fsp3) is 0.300. The van der Waals surface area contributed by atoms with E-state index in [4.69, 9.17) is 4.74 Å². The summed E-state index contributed by atoms with van der Waals surface area (Å²) in [6.45, 7) is 7.95. The van der Waals surface area contributed by atoms with Crippen molar-refractivity contribution in [2.24, 2.45) is 4.99 Å². The van der Waals surface area contributed by atoms with E-state index in [9.17, 15) is 4.79 Å². The fourth-order valence-corrected chi connectivity index (χ4v) is 3.99.